The molecule has 1 aromatic carbocycles. The Hall–Kier alpha value is -1.94. The van der Waals surface area contributed by atoms with Crippen molar-refractivity contribution in [2.45, 2.75) is 26.2 Å². The number of benzene rings is 1. The molecule has 0 bridgehead atoms. The summed E-state index contributed by atoms with van der Waals surface area (Å²) in [5, 5.41) is 1.14. The summed E-state index contributed by atoms with van der Waals surface area (Å²) in [6, 6.07) is 10.1. The van der Waals surface area contributed by atoms with Gasteiger partial charge in [0.25, 0.3) is 0 Å². The highest BCUT2D eigenvalue weighted by molar-refractivity contribution is 5.83. The van der Waals surface area contributed by atoms with Crippen LogP contribution >= 0.6 is 0 Å². The van der Waals surface area contributed by atoms with Crippen LogP contribution in [0, 0.1) is 5.41 Å². The average molecular weight is 297 g/mol. The lowest BCUT2D eigenvalue weighted by atomic mass is 9.90. The first kappa shape index (κ1) is 15.0. The number of fused-ring (bicyclic) bond motifs is 1. The summed E-state index contributed by atoms with van der Waals surface area (Å²) in [6.45, 7) is 4.44. The molecule has 4 nitrogen and oxygen atoms in total. The van der Waals surface area contributed by atoms with Crippen LogP contribution < -0.4 is 5.73 Å². The topological polar surface area (TPSA) is 59.2 Å². The monoisotopic (exact) mass is 297 g/mol. The number of hydrogen-bond donors (Lipinski definition) is 1. The van der Waals surface area contributed by atoms with Gasteiger partial charge in [-0.25, -0.2) is 0 Å². The van der Waals surface area contributed by atoms with E-state index in [-0.39, 0.29) is 11.3 Å². The smallest absolute Gasteiger partial charge is 0.222 e. The van der Waals surface area contributed by atoms with Gasteiger partial charge in [0, 0.05) is 31.1 Å². The van der Waals surface area contributed by atoms with Crippen LogP contribution in [0.5, 0.6) is 0 Å². The first-order valence-corrected chi connectivity index (χ1v) is 7.92. The van der Waals surface area contributed by atoms with Crippen LogP contribution in [-0.2, 0) is 11.2 Å². The zero-order valence-electron chi connectivity index (χ0n) is 13.1. The van der Waals surface area contributed by atoms with Crippen molar-refractivity contribution in [1.29, 1.82) is 0 Å². The first-order chi connectivity index (χ1) is 10.6. The Labute approximate surface area is 131 Å². The predicted octanol–water partition coefficient (Wildman–Crippen LogP) is 2.36. The Morgan fingerprint density at radius 3 is 2.95 bits per heavy atom. The quantitative estimate of drug-likeness (QED) is 0.942. The van der Waals surface area contributed by atoms with Gasteiger partial charge in [0.1, 0.15) is 0 Å². The molecule has 2 N–H and O–H groups in total. The highest BCUT2D eigenvalue weighted by atomic mass is 16.2. The van der Waals surface area contributed by atoms with E-state index in [0.717, 1.165) is 36.8 Å². The molecule has 0 aliphatic carbocycles. The van der Waals surface area contributed by atoms with Crippen molar-refractivity contribution in [3.8, 4) is 0 Å². The van der Waals surface area contributed by atoms with E-state index in [2.05, 4.69) is 18.0 Å². The van der Waals surface area contributed by atoms with Crippen molar-refractivity contribution in [2.24, 2.45) is 11.1 Å². The number of likely N-dealkylation sites (tertiary alicyclic amines) is 1. The van der Waals surface area contributed by atoms with Gasteiger partial charge in [-0.3, -0.25) is 9.78 Å². The zero-order chi connectivity index (χ0) is 15.6. The second kappa shape index (κ2) is 6.05. The molecule has 1 aliphatic heterocycles. The highest BCUT2D eigenvalue weighted by Crippen LogP contribution is 2.29. The number of carbonyl (C=O) groups excluding carboxylic acids is 1. The minimum atomic E-state index is 0.0963. The van der Waals surface area contributed by atoms with Gasteiger partial charge >= 0.3 is 0 Å². The molecule has 3 rings (SSSR count). The average Bonchev–Trinajstić information content (AvgIpc) is 2.96. The number of aryl methyl sites for hydroxylation is 1. The van der Waals surface area contributed by atoms with Gasteiger partial charge in [0.15, 0.2) is 0 Å². The van der Waals surface area contributed by atoms with E-state index in [0.29, 0.717) is 13.0 Å². The normalized spacial score (nSPS) is 21.5. The summed E-state index contributed by atoms with van der Waals surface area (Å²) in [5.74, 6) is 0.234. The van der Waals surface area contributed by atoms with Gasteiger partial charge in [-0.05, 0) is 42.5 Å². The van der Waals surface area contributed by atoms with Crippen LogP contribution in [0.4, 0.5) is 0 Å². The Kier molecular flexibility index (Phi) is 4.12. The number of rotatable bonds is 4. The molecule has 1 unspecified atom stereocenters. The molecule has 0 spiro atoms. The van der Waals surface area contributed by atoms with Crippen LogP contribution in [0.1, 0.15) is 25.3 Å². The SMILES string of the molecule is CC1(CN)CCN(C(=O)CCc2ccnc3ccccc23)C1. The van der Waals surface area contributed by atoms with Gasteiger partial charge < -0.3 is 10.6 Å². The molecule has 1 saturated heterocycles. The van der Waals surface area contributed by atoms with Crippen LogP contribution in [0.25, 0.3) is 10.9 Å². The minimum absolute atomic E-state index is 0.0963. The van der Waals surface area contributed by atoms with Gasteiger partial charge in [-0.1, -0.05) is 25.1 Å². The van der Waals surface area contributed by atoms with Crippen LogP contribution in [-0.4, -0.2) is 35.4 Å². The lowest BCUT2D eigenvalue weighted by Crippen LogP contribution is -2.34. The minimum Gasteiger partial charge on any atom is -0.342 e. The van der Waals surface area contributed by atoms with E-state index in [1.807, 2.05) is 35.4 Å². The Balaban J connectivity index is 1.66. The summed E-state index contributed by atoms with van der Waals surface area (Å²) >= 11 is 0. The van der Waals surface area contributed by atoms with E-state index >= 15 is 0 Å². The molecular formula is C18H23N3O. The maximum Gasteiger partial charge on any atom is 0.222 e. The number of nitrogens with two attached hydrogens (primary N) is 1. The molecule has 2 aromatic rings. The van der Waals surface area contributed by atoms with E-state index < -0.39 is 0 Å². The molecule has 2 heterocycles. The third kappa shape index (κ3) is 2.97. The summed E-state index contributed by atoms with van der Waals surface area (Å²) in [4.78, 5) is 18.8. The molecule has 1 fully saturated rings. The summed E-state index contributed by atoms with van der Waals surface area (Å²) < 4.78 is 0. The van der Waals surface area contributed by atoms with Crippen LogP contribution in [0.3, 0.4) is 0 Å². The molecule has 0 radical (unpaired) electrons. The van der Waals surface area contributed by atoms with Crippen molar-refractivity contribution in [1.82, 2.24) is 9.88 Å². The molecule has 1 aromatic heterocycles. The fraction of sp³-hybridized carbons (Fsp3) is 0.444. The Morgan fingerprint density at radius 2 is 2.18 bits per heavy atom. The lowest BCUT2D eigenvalue weighted by molar-refractivity contribution is -0.130. The van der Waals surface area contributed by atoms with Crippen molar-refractivity contribution in [3.05, 3.63) is 42.1 Å². The number of aromatic nitrogens is 1. The zero-order valence-corrected chi connectivity index (χ0v) is 13.1. The fourth-order valence-electron chi connectivity index (χ4n) is 3.18. The number of para-hydroxylation sites is 1. The van der Waals surface area contributed by atoms with E-state index in [1.165, 1.54) is 5.56 Å². The van der Waals surface area contributed by atoms with E-state index in [9.17, 15) is 4.79 Å². The standard InChI is InChI=1S/C18H23N3O/c1-18(12-19)9-11-21(13-18)17(22)7-6-14-8-10-20-16-5-3-2-4-15(14)16/h2-5,8,10H,6-7,9,11-13,19H2,1H3. The predicted molar refractivity (Wildman–Crippen MR) is 88.4 cm³/mol. The van der Waals surface area contributed by atoms with Crippen molar-refractivity contribution >= 4 is 16.8 Å². The Bertz CT molecular complexity index is 680. The van der Waals surface area contributed by atoms with Crippen molar-refractivity contribution < 1.29 is 4.79 Å². The summed E-state index contributed by atoms with van der Waals surface area (Å²) in [6.07, 6.45) is 4.14. The lowest BCUT2D eigenvalue weighted by Gasteiger charge is -2.22. The molecule has 116 valence electrons. The first-order valence-electron chi connectivity index (χ1n) is 7.92. The van der Waals surface area contributed by atoms with E-state index in [4.69, 9.17) is 5.73 Å². The second-order valence-electron chi connectivity index (χ2n) is 6.57. The maximum atomic E-state index is 12.4. The number of pyridine rings is 1. The number of amides is 1. The number of nitrogens with zero attached hydrogens (tertiary/aromatic N) is 2. The molecule has 0 saturated carbocycles. The van der Waals surface area contributed by atoms with Gasteiger partial charge in [-0.15, -0.1) is 0 Å². The third-order valence-corrected chi connectivity index (χ3v) is 4.75. The van der Waals surface area contributed by atoms with Crippen molar-refractivity contribution in [3.63, 3.8) is 0 Å². The molecular weight excluding hydrogens is 274 g/mol. The molecule has 4 heteroatoms. The molecule has 1 aliphatic rings. The second-order valence-corrected chi connectivity index (χ2v) is 6.57. The van der Waals surface area contributed by atoms with Gasteiger partial charge in [-0.2, -0.15) is 0 Å². The van der Waals surface area contributed by atoms with Gasteiger partial charge in [0.2, 0.25) is 5.91 Å². The van der Waals surface area contributed by atoms with Crippen LogP contribution in [0.15, 0.2) is 36.5 Å². The van der Waals surface area contributed by atoms with Crippen LogP contribution in [0.2, 0.25) is 0 Å². The number of hydrogen-bond acceptors (Lipinski definition) is 3. The molecule has 1 amide bonds. The fourth-order valence-corrected chi connectivity index (χ4v) is 3.18. The van der Waals surface area contributed by atoms with E-state index in [1.54, 1.807) is 0 Å². The summed E-state index contributed by atoms with van der Waals surface area (Å²) in [5.41, 5.74) is 8.09. The molecule has 1 atom stereocenters. The van der Waals surface area contributed by atoms with Gasteiger partial charge in [0.05, 0.1) is 5.52 Å². The maximum absolute atomic E-state index is 12.4. The Morgan fingerprint density at radius 1 is 1.36 bits per heavy atom. The summed E-state index contributed by atoms with van der Waals surface area (Å²) in [7, 11) is 0. The number of carbonyl (C=O) groups is 1. The molecule has 22 heavy (non-hydrogen) atoms. The largest absolute Gasteiger partial charge is 0.342 e. The third-order valence-electron chi connectivity index (χ3n) is 4.75. The van der Waals surface area contributed by atoms with Crippen molar-refractivity contribution in [2.75, 3.05) is 19.6 Å². The highest BCUT2D eigenvalue weighted by Gasteiger charge is 2.34.